The Hall–Kier alpha value is -2.34. The molecule has 6 heteroatoms. The normalized spacial score (nSPS) is 13.9. The highest BCUT2D eigenvalue weighted by atomic mass is 32.1. The van der Waals surface area contributed by atoms with E-state index in [2.05, 4.69) is 65.2 Å². The molecular weight excluding hydrogens is 368 g/mol. The zero-order chi connectivity index (χ0) is 19.8. The van der Waals surface area contributed by atoms with Gasteiger partial charge >= 0.3 is 0 Å². The predicted octanol–water partition coefficient (Wildman–Crippen LogP) is 3.48. The van der Waals surface area contributed by atoms with Crippen LogP contribution in [0.3, 0.4) is 0 Å². The number of nitrogens with one attached hydrogen (secondary N) is 2. The second kappa shape index (κ2) is 10.3. The van der Waals surface area contributed by atoms with Gasteiger partial charge in [0.25, 0.3) is 0 Å². The van der Waals surface area contributed by atoms with Crippen LogP contribution in [0.1, 0.15) is 41.3 Å². The molecule has 0 unspecified atom stereocenters. The summed E-state index contributed by atoms with van der Waals surface area (Å²) in [5.74, 6) is 1.06. The van der Waals surface area contributed by atoms with Crippen molar-refractivity contribution in [2.45, 2.75) is 46.2 Å². The number of thiophene rings is 1. The lowest BCUT2D eigenvalue weighted by Crippen LogP contribution is -2.39. The van der Waals surface area contributed by atoms with E-state index in [1.807, 2.05) is 4.90 Å². The Balaban J connectivity index is 1.42. The minimum absolute atomic E-state index is 0.243. The van der Waals surface area contributed by atoms with Crippen LogP contribution in [0.2, 0.25) is 0 Å². The first-order valence-corrected chi connectivity index (χ1v) is 10.9. The van der Waals surface area contributed by atoms with Crippen LogP contribution in [0.5, 0.6) is 0 Å². The molecule has 5 nitrogen and oxygen atoms in total. The maximum Gasteiger partial charge on any atom is 0.222 e. The molecule has 0 aliphatic carbocycles. The highest BCUT2D eigenvalue weighted by Crippen LogP contribution is 2.19. The van der Waals surface area contributed by atoms with Gasteiger partial charge in [-0.3, -0.25) is 4.79 Å². The molecular formula is C22H30N4OS. The van der Waals surface area contributed by atoms with Crippen LogP contribution in [-0.4, -0.2) is 36.4 Å². The Morgan fingerprint density at radius 3 is 2.79 bits per heavy atom. The Bertz CT molecular complexity index is 814. The third kappa shape index (κ3) is 5.58. The van der Waals surface area contributed by atoms with E-state index in [1.165, 1.54) is 21.6 Å². The van der Waals surface area contributed by atoms with Crippen molar-refractivity contribution in [3.63, 3.8) is 0 Å². The van der Waals surface area contributed by atoms with Gasteiger partial charge in [-0.05, 0) is 54.8 Å². The maximum atomic E-state index is 12.6. The SMILES string of the molecule is CCNC(=NCc1sccc1C)NCCCC(=O)N1CCc2ccccc2C1. The molecule has 0 bridgehead atoms. The van der Waals surface area contributed by atoms with Crippen LogP contribution in [0.25, 0.3) is 0 Å². The van der Waals surface area contributed by atoms with Crippen LogP contribution in [-0.2, 0) is 24.3 Å². The average Bonchev–Trinajstić information content (AvgIpc) is 3.13. The molecule has 2 N–H and O–H groups in total. The lowest BCUT2D eigenvalue weighted by atomic mass is 9.99. The van der Waals surface area contributed by atoms with E-state index in [0.29, 0.717) is 13.0 Å². The molecule has 0 radical (unpaired) electrons. The number of carbonyl (C=O) groups excluding carboxylic acids is 1. The number of amides is 1. The van der Waals surface area contributed by atoms with Crippen molar-refractivity contribution in [2.24, 2.45) is 4.99 Å². The standard InChI is InChI=1S/C22H30N4OS/c1-3-23-22(25-15-20-17(2)11-14-28-20)24-12-6-9-21(27)26-13-10-18-7-4-5-8-19(18)16-26/h4-5,7-8,11,14H,3,6,9-10,12-13,15-16H2,1-2H3,(H2,23,24,25). The Kier molecular flexibility index (Phi) is 7.48. The van der Waals surface area contributed by atoms with Crippen LogP contribution < -0.4 is 10.6 Å². The van der Waals surface area contributed by atoms with Crippen LogP contribution in [0, 0.1) is 6.92 Å². The molecule has 2 heterocycles. The quantitative estimate of drug-likeness (QED) is 0.427. The summed E-state index contributed by atoms with van der Waals surface area (Å²) in [4.78, 5) is 20.5. The molecule has 1 amide bonds. The molecule has 0 fully saturated rings. The number of hydrogen-bond donors (Lipinski definition) is 2. The minimum atomic E-state index is 0.243. The first kappa shape index (κ1) is 20.4. The zero-order valence-electron chi connectivity index (χ0n) is 16.8. The van der Waals surface area contributed by atoms with Crippen molar-refractivity contribution in [1.82, 2.24) is 15.5 Å². The number of guanidine groups is 1. The second-order valence-electron chi connectivity index (χ2n) is 7.09. The molecule has 3 rings (SSSR count). The average molecular weight is 399 g/mol. The first-order chi connectivity index (χ1) is 13.7. The van der Waals surface area contributed by atoms with E-state index in [-0.39, 0.29) is 5.91 Å². The van der Waals surface area contributed by atoms with Gasteiger partial charge in [0, 0.05) is 37.5 Å². The third-order valence-corrected chi connectivity index (χ3v) is 6.04. The molecule has 0 saturated carbocycles. The topological polar surface area (TPSA) is 56.7 Å². The van der Waals surface area contributed by atoms with Gasteiger partial charge in [0.2, 0.25) is 5.91 Å². The van der Waals surface area contributed by atoms with Crippen molar-refractivity contribution in [3.8, 4) is 0 Å². The molecule has 2 aromatic rings. The molecule has 1 aliphatic heterocycles. The van der Waals surface area contributed by atoms with Gasteiger partial charge in [-0.25, -0.2) is 4.99 Å². The second-order valence-corrected chi connectivity index (χ2v) is 8.09. The van der Waals surface area contributed by atoms with E-state index in [9.17, 15) is 4.79 Å². The predicted molar refractivity (Wildman–Crippen MR) is 117 cm³/mol. The fourth-order valence-corrected chi connectivity index (χ4v) is 4.20. The number of aryl methyl sites for hydroxylation is 1. The summed E-state index contributed by atoms with van der Waals surface area (Å²) in [5, 5.41) is 8.73. The minimum Gasteiger partial charge on any atom is -0.357 e. The number of aliphatic imine (C=N–C) groups is 1. The van der Waals surface area contributed by atoms with Gasteiger partial charge in [-0.2, -0.15) is 0 Å². The van der Waals surface area contributed by atoms with Gasteiger partial charge in [-0.1, -0.05) is 24.3 Å². The molecule has 0 spiro atoms. The van der Waals surface area contributed by atoms with Crippen LogP contribution in [0.4, 0.5) is 0 Å². The molecule has 150 valence electrons. The van der Waals surface area contributed by atoms with Crippen molar-refractivity contribution >= 4 is 23.2 Å². The van der Waals surface area contributed by atoms with E-state index in [4.69, 9.17) is 0 Å². The molecule has 28 heavy (non-hydrogen) atoms. The van der Waals surface area contributed by atoms with Crippen LogP contribution in [0.15, 0.2) is 40.7 Å². The fraction of sp³-hybridized carbons (Fsp3) is 0.455. The zero-order valence-corrected chi connectivity index (χ0v) is 17.6. The number of carbonyl (C=O) groups is 1. The molecule has 0 atom stereocenters. The Morgan fingerprint density at radius 2 is 2.04 bits per heavy atom. The van der Waals surface area contributed by atoms with Gasteiger partial charge < -0.3 is 15.5 Å². The molecule has 1 aromatic heterocycles. The number of nitrogens with zero attached hydrogens (tertiary/aromatic N) is 2. The smallest absolute Gasteiger partial charge is 0.222 e. The van der Waals surface area contributed by atoms with Crippen LogP contribution >= 0.6 is 11.3 Å². The highest BCUT2D eigenvalue weighted by molar-refractivity contribution is 7.10. The number of benzene rings is 1. The summed E-state index contributed by atoms with van der Waals surface area (Å²) < 4.78 is 0. The summed E-state index contributed by atoms with van der Waals surface area (Å²) in [7, 11) is 0. The van der Waals surface area contributed by atoms with Crippen molar-refractivity contribution < 1.29 is 4.79 Å². The van der Waals surface area contributed by atoms with E-state index in [1.54, 1.807) is 11.3 Å². The molecule has 0 saturated heterocycles. The Morgan fingerprint density at radius 1 is 1.21 bits per heavy atom. The monoisotopic (exact) mass is 398 g/mol. The lowest BCUT2D eigenvalue weighted by Gasteiger charge is -2.29. The van der Waals surface area contributed by atoms with Crippen molar-refractivity contribution in [2.75, 3.05) is 19.6 Å². The third-order valence-electron chi connectivity index (χ3n) is 5.04. The fourth-order valence-electron chi connectivity index (χ4n) is 3.37. The van der Waals surface area contributed by atoms with Gasteiger partial charge in [-0.15, -0.1) is 11.3 Å². The molecule has 1 aliphatic rings. The van der Waals surface area contributed by atoms with Crippen molar-refractivity contribution in [3.05, 3.63) is 57.3 Å². The van der Waals surface area contributed by atoms with E-state index < -0.39 is 0 Å². The summed E-state index contributed by atoms with van der Waals surface area (Å²) in [6, 6.07) is 10.5. The van der Waals surface area contributed by atoms with E-state index >= 15 is 0 Å². The largest absolute Gasteiger partial charge is 0.357 e. The van der Waals surface area contributed by atoms with Gasteiger partial charge in [0.1, 0.15) is 0 Å². The first-order valence-electron chi connectivity index (χ1n) is 10.1. The number of hydrogen-bond acceptors (Lipinski definition) is 3. The van der Waals surface area contributed by atoms with Gasteiger partial charge in [0.15, 0.2) is 5.96 Å². The van der Waals surface area contributed by atoms with Gasteiger partial charge in [0.05, 0.1) is 6.54 Å². The molecule has 1 aromatic carbocycles. The van der Waals surface area contributed by atoms with Crippen molar-refractivity contribution in [1.29, 1.82) is 0 Å². The summed E-state index contributed by atoms with van der Waals surface area (Å²) >= 11 is 1.74. The number of rotatable bonds is 7. The summed E-state index contributed by atoms with van der Waals surface area (Å²) in [6.07, 6.45) is 2.33. The van der Waals surface area contributed by atoms with E-state index in [0.717, 1.165) is 45.0 Å². The summed E-state index contributed by atoms with van der Waals surface area (Å²) in [6.45, 7) is 8.00. The maximum absolute atomic E-state index is 12.6. The summed E-state index contributed by atoms with van der Waals surface area (Å²) in [5.41, 5.74) is 3.95. The Labute approximate surface area is 171 Å². The highest BCUT2D eigenvalue weighted by Gasteiger charge is 2.19. The lowest BCUT2D eigenvalue weighted by molar-refractivity contribution is -0.132. The number of fused-ring (bicyclic) bond motifs is 1.